The number of aliphatic hydroxyl groups is 1. The van der Waals surface area contributed by atoms with Crippen LogP contribution in [0.3, 0.4) is 0 Å². The Balaban J connectivity index is 1.88. The van der Waals surface area contributed by atoms with E-state index in [4.69, 9.17) is 0 Å². The van der Waals surface area contributed by atoms with Crippen molar-refractivity contribution in [2.75, 3.05) is 0 Å². The molecule has 0 heterocycles. The molecule has 1 nitrogen and oxygen atoms in total. The minimum Gasteiger partial charge on any atom is -0.388 e. The van der Waals surface area contributed by atoms with Gasteiger partial charge in [0.05, 0.1) is 10.6 Å². The summed E-state index contributed by atoms with van der Waals surface area (Å²) in [5.41, 5.74) is 0.105. The Hall–Kier alpha value is -0.480. The van der Waals surface area contributed by atoms with Crippen molar-refractivity contribution in [1.29, 1.82) is 0 Å². The Morgan fingerprint density at radius 2 is 1.94 bits per heavy atom. The van der Waals surface area contributed by atoms with Gasteiger partial charge in [-0.3, -0.25) is 0 Å². The van der Waals surface area contributed by atoms with Crippen LogP contribution < -0.4 is 0 Å². The van der Waals surface area contributed by atoms with Crippen LogP contribution in [0.15, 0.2) is 16.6 Å². The molecule has 0 spiro atoms. The van der Waals surface area contributed by atoms with Gasteiger partial charge in [-0.1, -0.05) is 6.42 Å². The zero-order valence-electron chi connectivity index (χ0n) is 9.87. The molecule has 18 heavy (non-hydrogen) atoms. The summed E-state index contributed by atoms with van der Waals surface area (Å²) in [5.74, 6) is 0.208. The number of fused-ring (bicyclic) bond motifs is 2. The van der Waals surface area contributed by atoms with Crippen molar-refractivity contribution in [1.82, 2.24) is 0 Å². The van der Waals surface area contributed by atoms with Crippen LogP contribution in [-0.2, 0) is 0 Å². The summed E-state index contributed by atoms with van der Waals surface area (Å²) in [4.78, 5) is 0. The predicted octanol–water partition coefficient (Wildman–Crippen LogP) is 4.20. The smallest absolute Gasteiger partial charge is 0.137 e. The third-order valence-corrected chi connectivity index (χ3v) is 5.16. The van der Waals surface area contributed by atoms with E-state index in [0.717, 1.165) is 31.4 Å². The molecule has 4 atom stereocenters. The molecule has 2 saturated carbocycles. The first kappa shape index (κ1) is 12.5. The first-order chi connectivity index (χ1) is 8.56. The molecular weight excluding hydrogens is 302 g/mol. The van der Waals surface area contributed by atoms with Crippen molar-refractivity contribution in [2.45, 2.75) is 31.8 Å². The summed E-state index contributed by atoms with van der Waals surface area (Å²) in [6.07, 6.45) is 3.56. The molecule has 0 saturated heterocycles. The van der Waals surface area contributed by atoms with Gasteiger partial charge in [-0.15, -0.1) is 0 Å². The lowest BCUT2D eigenvalue weighted by atomic mass is 9.82. The van der Waals surface area contributed by atoms with Crippen LogP contribution in [-0.4, -0.2) is 5.11 Å². The van der Waals surface area contributed by atoms with Crippen LogP contribution in [0.4, 0.5) is 8.78 Å². The van der Waals surface area contributed by atoms with E-state index in [-0.39, 0.29) is 16.0 Å². The van der Waals surface area contributed by atoms with E-state index in [1.807, 2.05) is 0 Å². The summed E-state index contributed by atoms with van der Waals surface area (Å²) in [5, 5.41) is 10.3. The molecule has 3 rings (SSSR count). The Bertz CT molecular complexity index is 477. The van der Waals surface area contributed by atoms with Gasteiger partial charge in [0.1, 0.15) is 11.6 Å². The maximum absolute atomic E-state index is 13.8. The van der Waals surface area contributed by atoms with Crippen LogP contribution in [0.5, 0.6) is 0 Å². The minimum atomic E-state index is -0.872. The second-order valence-corrected chi connectivity index (χ2v) is 6.43. The van der Waals surface area contributed by atoms with E-state index in [1.54, 1.807) is 0 Å². The second-order valence-electron chi connectivity index (χ2n) is 5.57. The molecule has 1 N–H and O–H groups in total. The Morgan fingerprint density at radius 3 is 2.56 bits per heavy atom. The number of hydrogen-bond donors (Lipinski definition) is 1. The van der Waals surface area contributed by atoms with Crippen LogP contribution in [0.1, 0.15) is 37.4 Å². The van der Waals surface area contributed by atoms with Crippen molar-refractivity contribution in [3.8, 4) is 0 Å². The van der Waals surface area contributed by atoms with Gasteiger partial charge in [0.15, 0.2) is 0 Å². The Labute approximate surface area is 113 Å². The first-order valence-corrected chi connectivity index (χ1v) is 7.18. The summed E-state index contributed by atoms with van der Waals surface area (Å²) in [6, 6.07) is 2.22. The molecule has 2 aliphatic carbocycles. The molecule has 0 amide bonds. The molecule has 4 heteroatoms. The predicted molar refractivity (Wildman–Crippen MR) is 68.0 cm³/mol. The standard InChI is InChI=1S/C14H15BrF2O/c15-11-6-12(16)10(5-13(11)17)14(18)9-4-7-1-2-8(9)3-7/h5-9,14,18H,1-4H2. The fourth-order valence-corrected chi connectivity index (χ4v) is 3.99. The van der Waals surface area contributed by atoms with Crippen LogP contribution in [0, 0.1) is 29.4 Å². The molecule has 98 valence electrons. The zero-order chi connectivity index (χ0) is 12.9. The highest BCUT2D eigenvalue weighted by molar-refractivity contribution is 9.10. The molecule has 0 radical (unpaired) electrons. The number of rotatable bonds is 2. The number of hydrogen-bond acceptors (Lipinski definition) is 1. The van der Waals surface area contributed by atoms with Gasteiger partial charge in [0.25, 0.3) is 0 Å². The van der Waals surface area contributed by atoms with Gasteiger partial charge in [-0.25, -0.2) is 8.78 Å². The average Bonchev–Trinajstić information content (AvgIpc) is 2.95. The molecule has 4 unspecified atom stereocenters. The fraction of sp³-hybridized carbons (Fsp3) is 0.571. The van der Waals surface area contributed by atoms with Crippen molar-refractivity contribution >= 4 is 15.9 Å². The quantitative estimate of drug-likeness (QED) is 0.811. The molecule has 1 aromatic rings. The second kappa shape index (κ2) is 4.57. The molecule has 2 fully saturated rings. The largest absolute Gasteiger partial charge is 0.388 e. The molecule has 2 aliphatic rings. The van der Waals surface area contributed by atoms with Crippen LogP contribution in [0.2, 0.25) is 0 Å². The van der Waals surface area contributed by atoms with E-state index in [2.05, 4.69) is 15.9 Å². The van der Waals surface area contributed by atoms with E-state index in [9.17, 15) is 13.9 Å². The van der Waals surface area contributed by atoms with E-state index in [1.165, 1.54) is 6.42 Å². The highest BCUT2D eigenvalue weighted by Crippen LogP contribution is 2.52. The van der Waals surface area contributed by atoms with Gasteiger partial charge in [0.2, 0.25) is 0 Å². The minimum absolute atomic E-state index is 0.0961. The lowest BCUT2D eigenvalue weighted by molar-refractivity contribution is 0.0711. The van der Waals surface area contributed by atoms with Crippen molar-refractivity contribution in [3.05, 3.63) is 33.8 Å². The summed E-state index contributed by atoms with van der Waals surface area (Å²) >= 11 is 2.95. The average molecular weight is 317 g/mol. The van der Waals surface area contributed by atoms with Gasteiger partial charge in [-0.05, 0) is 65.1 Å². The topological polar surface area (TPSA) is 20.2 Å². The molecule has 2 bridgehead atoms. The number of benzene rings is 1. The summed E-state index contributed by atoms with van der Waals surface area (Å²) in [6.45, 7) is 0. The highest BCUT2D eigenvalue weighted by Gasteiger charge is 2.43. The SMILES string of the molecule is OC(c1cc(F)c(Br)cc1F)C1CC2CCC1C2. The fourth-order valence-electron chi connectivity index (χ4n) is 3.68. The van der Waals surface area contributed by atoms with Crippen LogP contribution >= 0.6 is 15.9 Å². The molecule has 1 aromatic carbocycles. The van der Waals surface area contributed by atoms with Crippen molar-refractivity contribution < 1.29 is 13.9 Å². The zero-order valence-corrected chi connectivity index (χ0v) is 11.5. The van der Waals surface area contributed by atoms with E-state index in [0.29, 0.717) is 11.8 Å². The van der Waals surface area contributed by atoms with E-state index < -0.39 is 17.7 Å². The van der Waals surface area contributed by atoms with Crippen LogP contribution in [0.25, 0.3) is 0 Å². The molecule has 0 aliphatic heterocycles. The Morgan fingerprint density at radius 1 is 1.17 bits per heavy atom. The van der Waals surface area contributed by atoms with Gasteiger partial charge >= 0.3 is 0 Å². The van der Waals surface area contributed by atoms with Gasteiger partial charge < -0.3 is 5.11 Å². The van der Waals surface area contributed by atoms with Crippen molar-refractivity contribution in [3.63, 3.8) is 0 Å². The first-order valence-electron chi connectivity index (χ1n) is 6.38. The maximum atomic E-state index is 13.8. The third-order valence-electron chi connectivity index (χ3n) is 4.56. The summed E-state index contributed by atoms with van der Waals surface area (Å²) in [7, 11) is 0. The summed E-state index contributed by atoms with van der Waals surface area (Å²) < 4.78 is 27.4. The number of halogens is 3. The lowest BCUT2D eigenvalue weighted by Crippen LogP contribution is -2.20. The number of aliphatic hydroxyl groups excluding tert-OH is 1. The maximum Gasteiger partial charge on any atom is 0.137 e. The van der Waals surface area contributed by atoms with Gasteiger partial charge in [0, 0.05) is 5.56 Å². The lowest BCUT2D eigenvalue weighted by Gasteiger charge is -2.27. The third kappa shape index (κ3) is 1.99. The van der Waals surface area contributed by atoms with Crippen molar-refractivity contribution in [2.24, 2.45) is 17.8 Å². The monoisotopic (exact) mass is 316 g/mol. The Kier molecular flexibility index (Phi) is 3.18. The molecule has 0 aromatic heterocycles. The van der Waals surface area contributed by atoms with Gasteiger partial charge in [-0.2, -0.15) is 0 Å². The van der Waals surface area contributed by atoms with E-state index >= 15 is 0 Å². The normalized spacial score (nSPS) is 31.9. The highest BCUT2D eigenvalue weighted by atomic mass is 79.9. The molecular formula is C14H15BrF2O.